The Morgan fingerprint density at radius 3 is 2.61 bits per heavy atom. The zero-order chi connectivity index (χ0) is 19.8. The van der Waals surface area contributed by atoms with Gasteiger partial charge in [0.1, 0.15) is 0 Å². The van der Waals surface area contributed by atoms with E-state index in [-0.39, 0.29) is 11.5 Å². The number of nitrogens with one attached hydrogen (secondary N) is 2. The van der Waals surface area contributed by atoms with Crippen LogP contribution < -0.4 is 16.6 Å². The zero-order valence-corrected chi connectivity index (χ0v) is 16.2. The van der Waals surface area contributed by atoms with E-state index in [9.17, 15) is 9.59 Å². The van der Waals surface area contributed by atoms with Crippen molar-refractivity contribution in [2.24, 2.45) is 0 Å². The molecule has 1 heterocycles. The molecule has 2 aromatic carbocycles. The maximum atomic E-state index is 12.0. The number of nitrogen functional groups attached to an aromatic ring is 1. The van der Waals surface area contributed by atoms with Crippen LogP contribution in [0, 0.1) is 0 Å². The summed E-state index contributed by atoms with van der Waals surface area (Å²) in [7, 11) is 0. The molecule has 0 unspecified atom stereocenters. The van der Waals surface area contributed by atoms with E-state index in [1.165, 1.54) is 17.8 Å². The summed E-state index contributed by atoms with van der Waals surface area (Å²) < 4.78 is 0. The number of aromatic nitrogens is 2. The number of hydrogen-bond donors (Lipinski definition) is 3. The highest BCUT2D eigenvalue weighted by Crippen LogP contribution is 2.20. The van der Waals surface area contributed by atoms with E-state index < -0.39 is 0 Å². The fraction of sp³-hybridized carbons (Fsp3) is 0.190. The van der Waals surface area contributed by atoms with Crippen LogP contribution in [0.4, 0.5) is 11.4 Å². The monoisotopic (exact) mass is 394 g/mol. The van der Waals surface area contributed by atoms with Crippen molar-refractivity contribution in [1.29, 1.82) is 0 Å². The molecule has 0 aliphatic rings. The largest absolute Gasteiger partial charge is 0.397 e. The van der Waals surface area contributed by atoms with E-state index in [2.05, 4.69) is 15.3 Å². The molecule has 0 bridgehead atoms. The summed E-state index contributed by atoms with van der Waals surface area (Å²) in [6.45, 7) is 0. The molecule has 0 fully saturated rings. The van der Waals surface area contributed by atoms with Crippen molar-refractivity contribution >= 4 is 29.0 Å². The van der Waals surface area contributed by atoms with Crippen LogP contribution in [0.1, 0.15) is 19.3 Å². The van der Waals surface area contributed by atoms with Gasteiger partial charge in [-0.2, -0.15) is 0 Å². The molecule has 0 spiro atoms. The number of thioether (sulfide) groups is 1. The number of carbonyl (C=O) groups excluding carboxylic acids is 1. The maximum absolute atomic E-state index is 12.0. The SMILES string of the molecule is Nc1ccccc1NC(=O)CCCCSc1nc(-c2ccccc2)cc(=O)[nH]1. The van der Waals surface area contributed by atoms with Gasteiger partial charge >= 0.3 is 0 Å². The molecule has 6 nitrogen and oxygen atoms in total. The number of unbranched alkanes of at least 4 members (excludes halogenated alkanes) is 1. The first-order chi connectivity index (χ1) is 13.6. The van der Waals surface area contributed by atoms with Crippen LogP contribution in [0.25, 0.3) is 11.3 Å². The van der Waals surface area contributed by atoms with Gasteiger partial charge in [0.15, 0.2) is 5.16 Å². The van der Waals surface area contributed by atoms with E-state index in [0.29, 0.717) is 28.6 Å². The predicted octanol–water partition coefficient (Wildman–Crippen LogP) is 3.92. The number of hydrogen-bond acceptors (Lipinski definition) is 5. The standard InChI is InChI=1S/C21H22N4O2S/c22-16-10-4-5-11-17(16)23-19(26)12-6-7-13-28-21-24-18(14-20(27)25-21)15-8-2-1-3-9-15/h1-5,8-11,14H,6-7,12-13,22H2,(H,23,26)(H,24,25,27). The Balaban J connectivity index is 1.45. The molecule has 0 aliphatic heterocycles. The zero-order valence-electron chi connectivity index (χ0n) is 15.4. The number of benzene rings is 2. The quantitative estimate of drug-likeness (QED) is 0.233. The Kier molecular flexibility index (Phi) is 6.86. The molecule has 0 saturated carbocycles. The van der Waals surface area contributed by atoms with Gasteiger partial charge in [0.05, 0.1) is 17.1 Å². The van der Waals surface area contributed by atoms with Crippen molar-refractivity contribution in [3.63, 3.8) is 0 Å². The molecule has 0 saturated heterocycles. The summed E-state index contributed by atoms with van der Waals surface area (Å²) in [5.74, 6) is 0.711. The van der Waals surface area contributed by atoms with Gasteiger partial charge in [0, 0.05) is 23.8 Å². The van der Waals surface area contributed by atoms with Crippen LogP contribution in [0.5, 0.6) is 0 Å². The van der Waals surface area contributed by atoms with E-state index in [1.54, 1.807) is 12.1 Å². The average molecular weight is 395 g/mol. The van der Waals surface area contributed by atoms with Crippen molar-refractivity contribution < 1.29 is 4.79 Å². The minimum Gasteiger partial charge on any atom is -0.397 e. The highest BCUT2D eigenvalue weighted by Gasteiger charge is 2.06. The topological polar surface area (TPSA) is 101 Å². The van der Waals surface area contributed by atoms with Crippen molar-refractivity contribution in [3.8, 4) is 11.3 Å². The Hall–Kier alpha value is -3.06. The van der Waals surface area contributed by atoms with E-state index in [1.807, 2.05) is 42.5 Å². The lowest BCUT2D eigenvalue weighted by atomic mass is 10.1. The second-order valence-electron chi connectivity index (χ2n) is 6.24. The Morgan fingerprint density at radius 2 is 1.82 bits per heavy atom. The molecule has 0 atom stereocenters. The Bertz CT molecular complexity index is 989. The highest BCUT2D eigenvalue weighted by molar-refractivity contribution is 7.99. The Labute approximate surface area is 167 Å². The number of H-pyrrole nitrogens is 1. The summed E-state index contributed by atoms with van der Waals surface area (Å²) in [6, 6.07) is 18.3. The summed E-state index contributed by atoms with van der Waals surface area (Å²) >= 11 is 1.48. The molecule has 0 radical (unpaired) electrons. The van der Waals surface area contributed by atoms with Gasteiger partial charge in [-0.1, -0.05) is 54.2 Å². The number of rotatable bonds is 8. The van der Waals surface area contributed by atoms with Crippen LogP contribution in [-0.4, -0.2) is 21.6 Å². The second kappa shape index (κ2) is 9.75. The minimum atomic E-state index is -0.170. The number of aromatic amines is 1. The summed E-state index contributed by atoms with van der Waals surface area (Å²) in [5, 5.41) is 3.41. The minimum absolute atomic E-state index is 0.0551. The third-order valence-corrected chi connectivity index (χ3v) is 5.02. The Morgan fingerprint density at radius 1 is 1.07 bits per heavy atom. The summed E-state index contributed by atoms with van der Waals surface area (Å²) in [4.78, 5) is 31.2. The third-order valence-electron chi connectivity index (χ3n) is 4.06. The van der Waals surface area contributed by atoms with Crippen LogP contribution in [0.3, 0.4) is 0 Å². The van der Waals surface area contributed by atoms with Gasteiger partial charge in [-0.05, 0) is 25.0 Å². The van der Waals surface area contributed by atoms with Crippen LogP contribution in [0.15, 0.2) is 70.6 Å². The van der Waals surface area contributed by atoms with Crippen molar-refractivity contribution in [2.45, 2.75) is 24.4 Å². The van der Waals surface area contributed by atoms with E-state index >= 15 is 0 Å². The lowest BCUT2D eigenvalue weighted by molar-refractivity contribution is -0.116. The van der Waals surface area contributed by atoms with Crippen LogP contribution >= 0.6 is 11.8 Å². The molecule has 3 rings (SSSR count). The number of anilines is 2. The number of nitrogens with zero attached hydrogens (tertiary/aromatic N) is 1. The molecular formula is C21H22N4O2S. The van der Waals surface area contributed by atoms with Gasteiger partial charge in [-0.15, -0.1) is 0 Å². The molecule has 3 aromatic rings. The van der Waals surface area contributed by atoms with Crippen molar-refractivity contribution in [2.75, 3.05) is 16.8 Å². The average Bonchev–Trinajstić information content (AvgIpc) is 2.70. The fourth-order valence-corrected chi connectivity index (χ4v) is 3.52. The van der Waals surface area contributed by atoms with E-state index in [4.69, 9.17) is 5.73 Å². The highest BCUT2D eigenvalue weighted by atomic mass is 32.2. The van der Waals surface area contributed by atoms with Crippen LogP contribution in [-0.2, 0) is 4.79 Å². The normalized spacial score (nSPS) is 10.6. The molecule has 0 aliphatic carbocycles. The lowest BCUT2D eigenvalue weighted by Gasteiger charge is -2.07. The van der Waals surface area contributed by atoms with Crippen molar-refractivity contribution in [1.82, 2.24) is 9.97 Å². The summed E-state index contributed by atoms with van der Waals surface area (Å²) in [5.41, 5.74) is 8.42. The first kappa shape index (κ1) is 19.7. The van der Waals surface area contributed by atoms with Gasteiger partial charge in [-0.25, -0.2) is 4.98 Å². The molecule has 7 heteroatoms. The molecule has 144 valence electrons. The number of amides is 1. The molecule has 4 N–H and O–H groups in total. The number of carbonyl (C=O) groups is 1. The third kappa shape index (κ3) is 5.72. The van der Waals surface area contributed by atoms with Crippen molar-refractivity contribution in [3.05, 3.63) is 71.0 Å². The van der Waals surface area contributed by atoms with Gasteiger partial charge in [0.25, 0.3) is 5.56 Å². The van der Waals surface area contributed by atoms with Gasteiger partial charge < -0.3 is 16.0 Å². The number of para-hydroxylation sites is 2. The molecule has 1 aromatic heterocycles. The van der Waals surface area contributed by atoms with Gasteiger partial charge in [0.2, 0.25) is 5.91 Å². The molecular weight excluding hydrogens is 372 g/mol. The summed E-state index contributed by atoms with van der Waals surface area (Å²) in [6.07, 6.45) is 2.00. The smallest absolute Gasteiger partial charge is 0.252 e. The van der Waals surface area contributed by atoms with Crippen LogP contribution in [0.2, 0.25) is 0 Å². The molecule has 1 amide bonds. The second-order valence-corrected chi connectivity index (χ2v) is 7.33. The number of nitrogens with two attached hydrogens (primary N) is 1. The maximum Gasteiger partial charge on any atom is 0.252 e. The fourth-order valence-electron chi connectivity index (χ4n) is 2.64. The molecule has 28 heavy (non-hydrogen) atoms. The van der Waals surface area contributed by atoms with E-state index in [0.717, 1.165) is 24.2 Å². The first-order valence-electron chi connectivity index (χ1n) is 9.06. The first-order valence-corrected chi connectivity index (χ1v) is 10.0. The lowest BCUT2D eigenvalue weighted by Crippen LogP contribution is -2.12. The predicted molar refractivity (Wildman–Crippen MR) is 114 cm³/mol. The van der Waals surface area contributed by atoms with Gasteiger partial charge in [-0.3, -0.25) is 9.59 Å².